The molecule has 0 saturated carbocycles. The van der Waals surface area contributed by atoms with Crippen molar-refractivity contribution in [2.45, 2.75) is 19.8 Å². The summed E-state index contributed by atoms with van der Waals surface area (Å²) in [7, 11) is 1.02. The summed E-state index contributed by atoms with van der Waals surface area (Å²) >= 11 is 1.30. The molecule has 176 valence electrons. The van der Waals surface area contributed by atoms with Crippen molar-refractivity contribution in [3.05, 3.63) is 65.7 Å². The minimum Gasteiger partial charge on any atom is -0.304 e. The number of halogens is 1. The number of hydrogen-bond donors (Lipinski definition) is 0. The number of benzene rings is 1. The number of hydrogen-bond acceptors (Lipinski definition) is 6. The van der Waals surface area contributed by atoms with Gasteiger partial charge in [-0.25, -0.2) is 17.9 Å². The molecule has 0 saturated heterocycles. The zero-order valence-electron chi connectivity index (χ0n) is 19.2. The molecule has 34 heavy (non-hydrogen) atoms. The number of anilines is 2. The molecule has 1 aliphatic rings. The molecule has 0 N–H and O–H groups in total. The highest BCUT2D eigenvalue weighted by Crippen LogP contribution is 2.33. The van der Waals surface area contributed by atoms with Crippen LogP contribution in [0.3, 0.4) is 0 Å². The van der Waals surface area contributed by atoms with E-state index in [-0.39, 0.29) is 5.82 Å². The van der Waals surface area contributed by atoms with Crippen LogP contribution in [0.4, 0.5) is 15.3 Å². The summed E-state index contributed by atoms with van der Waals surface area (Å²) in [6.07, 6.45) is 7.63. The smallest absolute Gasteiger partial charge is 0.210 e. The molecule has 10 heteroatoms. The zero-order valence-corrected chi connectivity index (χ0v) is 20.9. The lowest BCUT2D eigenvalue weighted by Crippen LogP contribution is -2.29. The standard InChI is InChI=1S/C24H25FN6OS2/c1-4-20-23(29(2)24-27-22(28-33-24)17-5-8-19(25)9-6-17)31-15-18(7-10-21(31)26-20)16-11-13-30(14-12-16)34(3)32/h5-11,15H,4,12-14H2,1-3H3. The maximum atomic E-state index is 13.3. The number of imidazole rings is 1. The third kappa shape index (κ3) is 4.28. The lowest BCUT2D eigenvalue weighted by Gasteiger charge is -2.24. The second kappa shape index (κ2) is 9.36. The van der Waals surface area contributed by atoms with Crippen molar-refractivity contribution >= 4 is 44.7 Å². The van der Waals surface area contributed by atoms with Crippen molar-refractivity contribution < 1.29 is 8.60 Å². The molecule has 4 heterocycles. The molecule has 0 amide bonds. The molecular formula is C24H25FN6OS2. The van der Waals surface area contributed by atoms with Crippen LogP contribution in [-0.2, 0) is 17.4 Å². The fourth-order valence-corrected chi connectivity index (χ4v) is 5.45. The molecule has 0 fully saturated rings. The van der Waals surface area contributed by atoms with Crippen LogP contribution in [0.25, 0.3) is 22.6 Å². The summed E-state index contributed by atoms with van der Waals surface area (Å²) < 4.78 is 33.6. The summed E-state index contributed by atoms with van der Waals surface area (Å²) in [5, 5.41) is 0.735. The highest BCUT2D eigenvalue weighted by Gasteiger charge is 2.21. The maximum absolute atomic E-state index is 13.3. The Kier molecular flexibility index (Phi) is 6.28. The van der Waals surface area contributed by atoms with Crippen LogP contribution >= 0.6 is 11.5 Å². The number of fused-ring (bicyclic) bond motifs is 1. The number of aromatic nitrogens is 4. The Morgan fingerprint density at radius 1 is 1.15 bits per heavy atom. The van der Waals surface area contributed by atoms with E-state index in [1.807, 2.05) is 22.3 Å². The van der Waals surface area contributed by atoms with Crippen LogP contribution in [0.15, 0.2) is 48.7 Å². The topological polar surface area (TPSA) is 66.6 Å². The van der Waals surface area contributed by atoms with Gasteiger partial charge in [0.2, 0.25) is 5.13 Å². The van der Waals surface area contributed by atoms with Gasteiger partial charge in [0.05, 0.1) is 16.7 Å². The van der Waals surface area contributed by atoms with Crippen LogP contribution in [-0.4, -0.2) is 53.6 Å². The zero-order chi connectivity index (χ0) is 23.8. The molecule has 4 aromatic rings. The molecule has 0 aliphatic carbocycles. The Balaban J connectivity index is 1.51. The third-order valence-electron chi connectivity index (χ3n) is 6.03. The predicted octanol–water partition coefficient (Wildman–Crippen LogP) is 4.70. The van der Waals surface area contributed by atoms with Crippen LogP contribution in [0, 0.1) is 5.82 Å². The van der Waals surface area contributed by atoms with E-state index in [0.29, 0.717) is 12.4 Å². The fourth-order valence-electron chi connectivity index (χ4n) is 4.17. The van der Waals surface area contributed by atoms with Gasteiger partial charge in [0.15, 0.2) is 5.82 Å². The van der Waals surface area contributed by atoms with Crippen LogP contribution in [0.5, 0.6) is 0 Å². The molecule has 0 bridgehead atoms. The number of pyridine rings is 1. The Morgan fingerprint density at radius 3 is 2.59 bits per heavy atom. The summed E-state index contributed by atoms with van der Waals surface area (Å²) in [5.74, 6) is 1.24. The SMILES string of the molecule is CCc1nc2ccc(C3=CCN(S(C)=O)CC3)cn2c1N(C)c1nc(-c2ccc(F)cc2)ns1. The average Bonchev–Trinajstić information content (AvgIpc) is 3.49. The first-order valence-corrected chi connectivity index (χ1v) is 13.4. The average molecular weight is 497 g/mol. The normalized spacial score (nSPS) is 15.5. The number of rotatable bonds is 6. The largest absolute Gasteiger partial charge is 0.304 e. The number of aryl methyl sites for hydroxylation is 1. The number of nitrogens with zero attached hydrogens (tertiary/aromatic N) is 6. The van der Waals surface area contributed by atoms with Gasteiger partial charge in [-0.3, -0.25) is 4.40 Å². The Bertz CT molecular complexity index is 1390. The maximum Gasteiger partial charge on any atom is 0.210 e. The van der Waals surface area contributed by atoms with E-state index in [0.717, 1.165) is 52.8 Å². The molecule has 7 nitrogen and oxygen atoms in total. The molecule has 1 atom stereocenters. The first kappa shape index (κ1) is 22.8. The summed E-state index contributed by atoms with van der Waals surface area (Å²) in [5.41, 5.74) is 5.01. The quantitative estimate of drug-likeness (QED) is 0.387. The van der Waals surface area contributed by atoms with E-state index >= 15 is 0 Å². The van der Waals surface area contributed by atoms with Gasteiger partial charge in [-0.05, 0) is 60.4 Å². The van der Waals surface area contributed by atoms with Crippen molar-refractivity contribution in [1.29, 1.82) is 0 Å². The predicted molar refractivity (Wildman–Crippen MR) is 136 cm³/mol. The first-order chi connectivity index (χ1) is 16.4. The van der Waals surface area contributed by atoms with E-state index in [4.69, 9.17) is 9.97 Å². The Labute approximate surface area is 204 Å². The van der Waals surface area contributed by atoms with Crippen molar-refractivity contribution in [1.82, 2.24) is 23.0 Å². The Hall–Kier alpha value is -2.95. The van der Waals surface area contributed by atoms with E-state index in [9.17, 15) is 8.60 Å². The molecule has 1 aromatic carbocycles. The van der Waals surface area contributed by atoms with Crippen molar-refractivity contribution in [2.24, 2.45) is 0 Å². The van der Waals surface area contributed by atoms with E-state index in [2.05, 4.69) is 34.0 Å². The second-order valence-corrected chi connectivity index (χ2v) is 10.2. The molecule has 5 rings (SSSR count). The summed E-state index contributed by atoms with van der Waals surface area (Å²) in [4.78, 5) is 11.6. The highest BCUT2D eigenvalue weighted by molar-refractivity contribution is 7.81. The summed E-state index contributed by atoms with van der Waals surface area (Å²) in [6, 6.07) is 10.4. The van der Waals surface area contributed by atoms with Gasteiger partial charge >= 0.3 is 0 Å². The van der Waals surface area contributed by atoms with Crippen LogP contribution < -0.4 is 4.90 Å². The molecule has 0 radical (unpaired) electrons. The van der Waals surface area contributed by atoms with Gasteiger partial charge in [0, 0.05) is 49.7 Å². The molecule has 3 aromatic heterocycles. The van der Waals surface area contributed by atoms with Gasteiger partial charge in [-0.2, -0.15) is 9.36 Å². The monoisotopic (exact) mass is 496 g/mol. The molecule has 1 unspecified atom stereocenters. The van der Waals surface area contributed by atoms with Gasteiger partial charge in [-0.15, -0.1) is 0 Å². The molecule has 1 aliphatic heterocycles. The highest BCUT2D eigenvalue weighted by atomic mass is 32.2. The third-order valence-corrected chi connectivity index (χ3v) is 7.88. The molecular weight excluding hydrogens is 471 g/mol. The van der Waals surface area contributed by atoms with E-state index in [1.54, 1.807) is 18.4 Å². The fraction of sp³-hybridized carbons (Fsp3) is 0.292. The van der Waals surface area contributed by atoms with Crippen molar-refractivity contribution in [3.8, 4) is 11.4 Å². The Morgan fingerprint density at radius 2 is 1.91 bits per heavy atom. The minimum atomic E-state index is -0.951. The van der Waals surface area contributed by atoms with E-state index in [1.165, 1.54) is 29.2 Å². The first-order valence-electron chi connectivity index (χ1n) is 11.1. The van der Waals surface area contributed by atoms with Crippen LogP contribution in [0.2, 0.25) is 0 Å². The van der Waals surface area contributed by atoms with Gasteiger partial charge in [0.25, 0.3) is 0 Å². The van der Waals surface area contributed by atoms with Crippen molar-refractivity contribution in [2.75, 3.05) is 31.3 Å². The lowest BCUT2D eigenvalue weighted by atomic mass is 10.0. The van der Waals surface area contributed by atoms with Gasteiger partial charge in [0.1, 0.15) is 17.3 Å². The van der Waals surface area contributed by atoms with Gasteiger partial charge < -0.3 is 4.90 Å². The molecule has 0 spiro atoms. The van der Waals surface area contributed by atoms with E-state index < -0.39 is 11.0 Å². The lowest BCUT2D eigenvalue weighted by molar-refractivity contribution is 0.486. The summed E-state index contributed by atoms with van der Waals surface area (Å²) in [6.45, 7) is 3.55. The second-order valence-electron chi connectivity index (χ2n) is 8.14. The minimum absolute atomic E-state index is 0.283. The van der Waals surface area contributed by atoms with Gasteiger partial charge in [-0.1, -0.05) is 13.0 Å². The van der Waals surface area contributed by atoms with Crippen molar-refractivity contribution in [3.63, 3.8) is 0 Å². The van der Waals surface area contributed by atoms with Crippen LogP contribution in [0.1, 0.15) is 24.6 Å².